The van der Waals surface area contributed by atoms with E-state index in [0.717, 1.165) is 12.8 Å². The van der Waals surface area contributed by atoms with Crippen LogP contribution in [0.5, 0.6) is 0 Å². The van der Waals surface area contributed by atoms with Gasteiger partial charge in [0, 0.05) is 10.2 Å². The van der Waals surface area contributed by atoms with Gasteiger partial charge in [-0.05, 0) is 64.7 Å². The predicted molar refractivity (Wildman–Crippen MR) is 103 cm³/mol. The van der Waals surface area contributed by atoms with Gasteiger partial charge in [-0.1, -0.05) is 31.9 Å². The van der Waals surface area contributed by atoms with Gasteiger partial charge in [0.2, 0.25) is 10.0 Å². The number of anilines is 1. The number of hydrogen-bond acceptors (Lipinski definition) is 3. The van der Waals surface area contributed by atoms with Crippen molar-refractivity contribution in [3.05, 3.63) is 58.1 Å². The number of nitrogens with one attached hydrogen (secondary N) is 1. The second kappa shape index (κ2) is 8.60. The van der Waals surface area contributed by atoms with Crippen LogP contribution in [0.2, 0.25) is 0 Å². The Kier molecular flexibility index (Phi) is 6.75. The Morgan fingerprint density at radius 3 is 2.40 bits per heavy atom. The molecule has 25 heavy (non-hydrogen) atoms. The number of nitrogens with two attached hydrogens (primary N) is 1. The topological polar surface area (TPSA) is 89.3 Å². The third-order valence-electron chi connectivity index (χ3n) is 3.79. The van der Waals surface area contributed by atoms with Crippen LogP contribution in [0, 0.1) is 0 Å². The van der Waals surface area contributed by atoms with E-state index in [9.17, 15) is 13.2 Å². The van der Waals surface area contributed by atoms with Crippen LogP contribution in [0.15, 0.2) is 51.8 Å². The van der Waals surface area contributed by atoms with Crippen molar-refractivity contribution in [1.82, 2.24) is 0 Å². The minimum Gasteiger partial charge on any atom is -0.322 e. The van der Waals surface area contributed by atoms with E-state index in [-0.39, 0.29) is 10.5 Å². The third kappa shape index (κ3) is 5.66. The van der Waals surface area contributed by atoms with Gasteiger partial charge in [-0.3, -0.25) is 4.79 Å². The van der Waals surface area contributed by atoms with E-state index in [4.69, 9.17) is 5.14 Å². The molecule has 0 unspecified atom stereocenters. The summed E-state index contributed by atoms with van der Waals surface area (Å²) in [5.74, 6) is -0.406. The zero-order valence-electron chi connectivity index (χ0n) is 14.0. The SMILES string of the molecule is CCCCCc1ccc(NC(=O)c2cc(S(N)(=O)=O)ccc2Br)cc1. The molecule has 0 saturated carbocycles. The van der Waals surface area contributed by atoms with Gasteiger partial charge < -0.3 is 5.32 Å². The number of aryl methyl sites for hydroxylation is 1. The predicted octanol–water partition coefficient (Wildman–Crippen LogP) is 4.08. The summed E-state index contributed by atoms with van der Waals surface area (Å²) in [4.78, 5) is 12.3. The highest BCUT2D eigenvalue weighted by atomic mass is 79.9. The lowest BCUT2D eigenvalue weighted by Gasteiger charge is -2.09. The first kappa shape index (κ1) is 19.6. The Balaban J connectivity index is 2.12. The van der Waals surface area contributed by atoms with Crippen molar-refractivity contribution in [1.29, 1.82) is 0 Å². The minimum atomic E-state index is -3.87. The number of benzene rings is 2. The first-order valence-corrected chi connectivity index (χ1v) is 10.4. The molecular weight excluding hydrogens is 404 g/mol. The van der Waals surface area contributed by atoms with E-state index in [1.807, 2.05) is 24.3 Å². The fourth-order valence-corrected chi connectivity index (χ4v) is 3.35. The van der Waals surface area contributed by atoms with E-state index >= 15 is 0 Å². The van der Waals surface area contributed by atoms with Gasteiger partial charge in [-0.25, -0.2) is 13.6 Å². The summed E-state index contributed by atoms with van der Waals surface area (Å²) in [6.07, 6.45) is 4.55. The molecule has 0 aromatic heterocycles. The van der Waals surface area contributed by atoms with Crippen molar-refractivity contribution in [2.75, 3.05) is 5.32 Å². The first-order valence-electron chi connectivity index (χ1n) is 8.04. The maximum Gasteiger partial charge on any atom is 0.256 e. The van der Waals surface area contributed by atoms with Gasteiger partial charge in [-0.15, -0.1) is 0 Å². The van der Waals surface area contributed by atoms with Crippen molar-refractivity contribution >= 4 is 37.5 Å². The minimum absolute atomic E-state index is 0.105. The molecule has 0 atom stereocenters. The lowest BCUT2D eigenvalue weighted by Crippen LogP contribution is -2.16. The second-order valence-corrected chi connectivity index (χ2v) is 8.21. The number of hydrogen-bond donors (Lipinski definition) is 2. The fraction of sp³-hybridized carbons (Fsp3) is 0.278. The average molecular weight is 425 g/mol. The number of sulfonamides is 1. The van der Waals surface area contributed by atoms with Gasteiger partial charge in [0.1, 0.15) is 0 Å². The standard InChI is InChI=1S/C18H21BrN2O3S/c1-2-3-4-5-13-6-8-14(9-7-13)21-18(22)16-12-15(25(20,23)24)10-11-17(16)19/h6-12H,2-5H2,1H3,(H,21,22)(H2,20,23,24). The highest BCUT2D eigenvalue weighted by Gasteiger charge is 2.15. The summed E-state index contributed by atoms with van der Waals surface area (Å²) in [5, 5.41) is 7.89. The monoisotopic (exact) mass is 424 g/mol. The molecular formula is C18H21BrN2O3S. The molecule has 7 heteroatoms. The fourth-order valence-electron chi connectivity index (χ4n) is 2.39. The Hall–Kier alpha value is -1.70. The van der Waals surface area contributed by atoms with Gasteiger partial charge in [-0.2, -0.15) is 0 Å². The largest absolute Gasteiger partial charge is 0.322 e. The highest BCUT2D eigenvalue weighted by molar-refractivity contribution is 9.10. The van der Waals surface area contributed by atoms with E-state index in [1.165, 1.54) is 36.6 Å². The van der Waals surface area contributed by atoms with E-state index in [0.29, 0.717) is 10.2 Å². The van der Waals surface area contributed by atoms with Crippen molar-refractivity contribution < 1.29 is 13.2 Å². The highest BCUT2D eigenvalue weighted by Crippen LogP contribution is 2.22. The van der Waals surface area contributed by atoms with Gasteiger partial charge in [0.25, 0.3) is 5.91 Å². The van der Waals surface area contributed by atoms with Crippen LogP contribution in [-0.4, -0.2) is 14.3 Å². The summed E-state index contributed by atoms with van der Waals surface area (Å²) < 4.78 is 23.4. The molecule has 1 amide bonds. The van der Waals surface area contributed by atoms with Gasteiger partial charge in [0.15, 0.2) is 0 Å². The molecule has 2 rings (SSSR count). The van der Waals surface area contributed by atoms with Crippen LogP contribution in [0.25, 0.3) is 0 Å². The molecule has 3 N–H and O–H groups in total. The lowest BCUT2D eigenvalue weighted by atomic mass is 10.1. The number of primary sulfonamides is 1. The Labute approximate surface area is 156 Å². The van der Waals surface area contributed by atoms with Crippen LogP contribution < -0.4 is 10.5 Å². The quantitative estimate of drug-likeness (QED) is 0.655. The summed E-state index contributed by atoms with van der Waals surface area (Å²) in [7, 11) is -3.87. The number of carbonyl (C=O) groups excluding carboxylic acids is 1. The summed E-state index contributed by atoms with van der Waals surface area (Å²) >= 11 is 3.26. The summed E-state index contributed by atoms with van der Waals surface area (Å²) in [6.45, 7) is 2.17. The molecule has 134 valence electrons. The third-order valence-corrected chi connectivity index (χ3v) is 5.39. The molecule has 2 aromatic carbocycles. The molecule has 0 heterocycles. The zero-order valence-corrected chi connectivity index (χ0v) is 16.4. The Morgan fingerprint density at radius 2 is 1.80 bits per heavy atom. The molecule has 0 aliphatic rings. The second-order valence-electron chi connectivity index (χ2n) is 5.79. The number of halogens is 1. The van der Waals surface area contributed by atoms with Crippen LogP contribution in [0.4, 0.5) is 5.69 Å². The number of rotatable bonds is 7. The summed E-state index contributed by atoms with van der Waals surface area (Å²) in [6, 6.07) is 11.8. The number of amides is 1. The van der Waals surface area contributed by atoms with Gasteiger partial charge >= 0.3 is 0 Å². The molecule has 0 fully saturated rings. The van der Waals surface area contributed by atoms with Crippen molar-refractivity contribution in [3.63, 3.8) is 0 Å². The lowest BCUT2D eigenvalue weighted by molar-refractivity contribution is 0.102. The van der Waals surface area contributed by atoms with E-state index < -0.39 is 15.9 Å². The van der Waals surface area contributed by atoms with Crippen molar-refractivity contribution in [3.8, 4) is 0 Å². The molecule has 5 nitrogen and oxygen atoms in total. The van der Waals surface area contributed by atoms with E-state index in [1.54, 1.807) is 0 Å². The van der Waals surface area contributed by atoms with Crippen molar-refractivity contribution in [2.45, 2.75) is 37.5 Å². The number of carbonyl (C=O) groups is 1. The summed E-state index contributed by atoms with van der Waals surface area (Å²) in [5.41, 5.74) is 2.08. The van der Waals surface area contributed by atoms with Gasteiger partial charge in [0.05, 0.1) is 10.5 Å². The molecule has 0 spiro atoms. The maximum atomic E-state index is 12.4. The maximum absolute atomic E-state index is 12.4. The van der Waals surface area contributed by atoms with Crippen LogP contribution in [-0.2, 0) is 16.4 Å². The molecule has 2 aromatic rings. The van der Waals surface area contributed by atoms with E-state index in [2.05, 4.69) is 28.2 Å². The van der Waals surface area contributed by atoms with Crippen LogP contribution >= 0.6 is 15.9 Å². The average Bonchev–Trinajstić information content (AvgIpc) is 2.56. The van der Waals surface area contributed by atoms with Crippen molar-refractivity contribution in [2.24, 2.45) is 5.14 Å². The molecule has 0 bridgehead atoms. The Morgan fingerprint density at radius 1 is 1.12 bits per heavy atom. The number of unbranched alkanes of at least 4 members (excludes halogenated alkanes) is 2. The zero-order chi connectivity index (χ0) is 18.4. The Bertz CT molecular complexity index is 849. The molecule has 0 radical (unpaired) electrons. The van der Waals surface area contributed by atoms with Crippen LogP contribution in [0.1, 0.15) is 42.1 Å². The molecule has 0 aliphatic heterocycles. The van der Waals surface area contributed by atoms with Crippen LogP contribution in [0.3, 0.4) is 0 Å². The first-order chi connectivity index (χ1) is 11.8. The normalized spacial score (nSPS) is 11.3. The smallest absolute Gasteiger partial charge is 0.256 e. The molecule has 0 saturated heterocycles. The molecule has 0 aliphatic carbocycles.